The first-order valence-corrected chi connectivity index (χ1v) is 6.67. The molecule has 0 aromatic heterocycles. The van der Waals surface area contributed by atoms with Crippen LogP contribution in [0.25, 0.3) is 11.1 Å². The average Bonchev–Trinajstić information content (AvgIpc) is 2.48. The van der Waals surface area contributed by atoms with Gasteiger partial charge in [-0.2, -0.15) is 0 Å². The van der Waals surface area contributed by atoms with Crippen molar-refractivity contribution in [2.75, 3.05) is 20.3 Å². The zero-order valence-electron chi connectivity index (χ0n) is 11.9. The quantitative estimate of drug-likeness (QED) is 0.821. The summed E-state index contributed by atoms with van der Waals surface area (Å²) >= 11 is 0. The monoisotopic (exact) mass is 272 g/mol. The molecule has 1 N–H and O–H groups in total. The summed E-state index contributed by atoms with van der Waals surface area (Å²) in [4.78, 5) is 0. The third kappa shape index (κ3) is 3.59. The van der Waals surface area contributed by atoms with Gasteiger partial charge in [-0.1, -0.05) is 42.0 Å². The third-order valence-electron chi connectivity index (χ3n) is 3.14. The molecule has 0 aliphatic carbocycles. The summed E-state index contributed by atoms with van der Waals surface area (Å²) in [6.07, 6.45) is 0. The lowest BCUT2D eigenvalue weighted by atomic mass is 10.0. The predicted octanol–water partition coefficient (Wildman–Crippen LogP) is 3.18. The smallest absolute Gasteiger partial charge is 0.127 e. The molecule has 0 atom stereocenters. The number of benzene rings is 2. The first-order chi connectivity index (χ1) is 9.74. The Morgan fingerprint density at radius 1 is 1.00 bits per heavy atom. The Morgan fingerprint density at radius 3 is 2.40 bits per heavy atom. The van der Waals surface area contributed by atoms with E-state index in [4.69, 9.17) is 9.47 Å². The molecule has 0 bridgehead atoms. The van der Waals surface area contributed by atoms with E-state index in [0.717, 1.165) is 22.4 Å². The second-order valence-electron chi connectivity index (χ2n) is 4.70. The Bertz CT molecular complexity index is 547. The lowest BCUT2D eigenvalue weighted by Crippen LogP contribution is -2.05. The predicted molar refractivity (Wildman–Crippen MR) is 79.9 cm³/mol. The van der Waals surface area contributed by atoms with Crippen LogP contribution in [0, 0.1) is 6.92 Å². The number of aryl methyl sites for hydroxylation is 1. The Morgan fingerprint density at radius 2 is 1.75 bits per heavy atom. The highest BCUT2D eigenvalue weighted by Gasteiger charge is 2.07. The first-order valence-electron chi connectivity index (χ1n) is 6.67. The Labute approximate surface area is 119 Å². The number of hydrogen-bond acceptors (Lipinski definition) is 3. The molecule has 0 heterocycles. The lowest BCUT2D eigenvalue weighted by molar-refractivity contribution is 0.146. The number of aliphatic hydroxyl groups excluding tert-OH is 1. The lowest BCUT2D eigenvalue weighted by Gasteiger charge is -2.13. The summed E-state index contributed by atoms with van der Waals surface area (Å²) in [6, 6.07) is 14.1. The summed E-state index contributed by atoms with van der Waals surface area (Å²) in [5, 5.41) is 9.25. The van der Waals surface area contributed by atoms with Crippen molar-refractivity contribution in [2.45, 2.75) is 13.5 Å². The van der Waals surface area contributed by atoms with Crippen LogP contribution in [0.4, 0.5) is 0 Å². The third-order valence-corrected chi connectivity index (χ3v) is 3.14. The summed E-state index contributed by atoms with van der Waals surface area (Å²) in [5.74, 6) is 0.775. The molecular weight excluding hydrogens is 252 g/mol. The first kappa shape index (κ1) is 14.6. The van der Waals surface area contributed by atoms with Crippen molar-refractivity contribution in [3.05, 3.63) is 53.6 Å². The molecule has 0 aliphatic heterocycles. The minimum Gasteiger partial charge on any atom is -0.491 e. The van der Waals surface area contributed by atoms with Crippen molar-refractivity contribution in [1.82, 2.24) is 0 Å². The van der Waals surface area contributed by atoms with E-state index < -0.39 is 0 Å². The number of methoxy groups -OCH3 is 1. The van der Waals surface area contributed by atoms with Crippen LogP contribution >= 0.6 is 0 Å². The largest absolute Gasteiger partial charge is 0.491 e. The van der Waals surface area contributed by atoms with Gasteiger partial charge in [-0.25, -0.2) is 0 Å². The van der Waals surface area contributed by atoms with Gasteiger partial charge in [0.05, 0.1) is 13.2 Å². The minimum absolute atomic E-state index is 0.00875. The van der Waals surface area contributed by atoms with Crippen molar-refractivity contribution < 1.29 is 14.6 Å². The maximum atomic E-state index is 9.25. The molecule has 0 spiro atoms. The number of ether oxygens (including phenoxy) is 2. The fraction of sp³-hybridized carbons (Fsp3) is 0.294. The molecule has 0 saturated heterocycles. The normalized spacial score (nSPS) is 10.6. The highest BCUT2D eigenvalue weighted by Crippen LogP contribution is 2.31. The zero-order chi connectivity index (χ0) is 14.4. The Kier molecular flexibility index (Phi) is 5.16. The van der Waals surface area contributed by atoms with Crippen LogP contribution in [0.3, 0.4) is 0 Å². The van der Waals surface area contributed by atoms with Crippen LogP contribution in [0.1, 0.15) is 11.1 Å². The van der Waals surface area contributed by atoms with Crippen LogP contribution in [0.5, 0.6) is 5.75 Å². The van der Waals surface area contributed by atoms with Crippen LogP contribution in [-0.2, 0) is 11.3 Å². The van der Waals surface area contributed by atoms with Gasteiger partial charge >= 0.3 is 0 Å². The van der Waals surface area contributed by atoms with Gasteiger partial charge in [0.15, 0.2) is 0 Å². The Hall–Kier alpha value is -1.84. The van der Waals surface area contributed by atoms with E-state index in [2.05, 4.69) is 31.2 Å². The van der Waals surface area contributed by atoms with Crippen molar-refractivity contribution in [1.29, 1.82) is 0 Å². The number of aliphatic hydroxyl groups is 1. The standard InChI is InChI=1S/C17H20O3/c1-13-3-6-15(7-4-13)16-8-5-14(12-18)11-17(16)20-10-9-19-2/h3-8,11,18H,9-10,12H2,1-2H3. The molecule has 20 heavy (non-hydrogen) atoms. The maximum Gasteiger partial charge on any atom is 0.127 e. The van der Waals surface area contributed by atoms with Crippen LogP contribution < -0.4 is 4.74 Å². The van der Waals surface area contributed by atoms with E-state index in [1.54, 1.807) is 7.11 Å². The fourth-order valence-corrected chi connectivity index (χ4v) is 1.99. The van der Waals surface area contributed by atoms with Gasteiger partial charge in [0.2, 0.25) is 0 Å². The molecular formula is C17H20O3. The number of rotatable bonds is 6. The molecule has 3 nitrogen and oxygen atoms in total. The summed E-state index contributed by atoms with van der Waals surface area (Å²) < 4.78 is 10.8. The Balaban J connectivity index is 2.32. The zero-order valence-corrected chi connectivity index (χ0v) is 11.9. The molecule has 0 aliphatic rings. The van der Waals surface area contributed by atoms with Crippen LogP contribution in [0.15, 0.2) is 42.5 Å². The van der Waals surface area contributed by atoms with Crippen LogP contribution in [0.2, 0.25) is 0 Å². The summed E-state index contributed by atoms with van der Waals surface area (Å²) in [7, 11) is 1.65. The van der Waals surface area contributed by atoms with Gasteiger partial charge in [-0.15, -0.1) is 0 Å². The highest BCUT2D eigenvalue weighted by molar-refractivity contribution is 5.71. The van der Waals surface area contributed by atoms with Gasteiger partial charge in [-0.3, -0.25) is 0 Å². The second kappa shape index (κ2) is 7.08. The molecule has 0 saturated carbocycles. The molecule has 0 radical (unpaired) electrons. The maximum absolute atomic E-state index is 9.25. The fourth-order valence-electron chi connectivity index (χ4n) is 1.99. The summed E-state index contributed by atoms with van der Waals surface area (Å²) in [6.45, 7) is 3.10. The average molecular weight is 272 g/mol. The molecule has 0 fully saturated rings. The van der Waals surface area contributed by atoms with E-state index in [-0.39, 0.29) is 6.61 Å². The molecule has 2 aromatic rings. The number of hydrogen-bond donors (Lipinski definition) is 1. The SMILES string of the molecule is COCCOc1cc(CO)ccc1-c1ccc(C)cc1. The summed E-state index contributed by atoms with van der Waals surface area (Å²) in [5.41, 5.74) is 4.20. The van der Waals surface area contributed by atoms with Crippen LogP contribution in [-0.4, -0.2) is 25.4 Å². The molecule has 106 valence electrons. The van der Waals surface area contributed by atoms with Gasteiger partial charge in [0.1, 0.15) is 12.4 Å². The van der Waals surface area contributed by atoms with Gasteiger partial charge in [0.25, 0.3) is 0 Å². The van der Waals surface area contributed by atoms with Crippen molar-refractivity contribution >= 4 is 0 Å². The van der Waals surface area contributed by atoms with E-state index in [1.165, 1.54) is 5.56 Å². The van der Waals surface area contributed by atoms with E-state index in [0.29, 0.717) is 13.2 Å². The highest BCUT2D eigenvalue weighted by atomic mass is 16.5. The minimum atomic E-state index is 0.00875. The second-order valence-corrected chi connectivity index (χ2v) is 4.70. The van der Waals surface area contributed by atoms with Crippen molar-refractivity contribution in [3.8, 4) is 16.9 Å². The van der Waals surface area contributed by atoms with Crippen molar-refractivity contribution in [3.63, 3.8) is 0 Å². The van der Waals surface area contributed by atoms with E-state index >= 15 is 0 Å². The topological polar surface area (TPSA) is 38.7 Å². The molecule has 0 amide bonds. The molecule has 0 unspecified atom stereocenters. The molecule has 2 rings (SSSR count). The van der Waals surface area contributed by atoms with Crippen molar-refractivity contribution in [2.24, 2.45) is 0 Å². The van der Waals surface area contributed by atoms with Gasteiger partial charge in [0, 0.05) is 12.7 Å². The van der Waals surface area contributed by atoms with Gasteiger partial charge in [-0.05, 0) is 24.1 Å². The van der Waals surface area contributed by atoms with E-state index in [1.807, 2.05) is 18.2 Å². The molecule has 3 heteroatoms. The molecule has 2 aromatic carbocycles. The van der Waals surface area contributed by atoms with Gasteiger partial charge < -0.3 is 14.6 Å². The van der Waals surface area contributed by atoms with E-state index in [9.17, 15) is 5.11 Å².